The van der Waals surface area contributed by atoms with Gasteiger partial charge in [0, 0.05) is 47.0 Å². The number of nitrogens with one attached hydrogen (secondary N) is 3. The number of imidazole rings is 1. The third-order valence-corrected chi connectivity index (χ3v) is 6.44. The molecule has 0 saturated heterocycles. The largest absolute Gasteiger partial charge is 0.337 e. The number of hydrogen-bond donors (Lipinski definition) is 3. The summed E-state index contributed by atoms with van der Waals surface area (Å²) in [4.78, 5) is 17.0. The van der Waals surface area contributed by atoms with E-state index in [1.807, 2.05) is 41.2 Å². The number of rotatable bonds is 6. The molecule has 0 spiro atoms. The van der Waals surface area contributed by atoms with Crippen molar-refractivity contribution in [2.24, 2.45) is 0 Å². The first kappa shape index (κ1) is 20.6. The van der Waals surface area contributed by atoms with Gasteiger partial charge in [-0.25, -0.2) is 9.37 Å². The van der Waals surface area contributed by atoms with Gasteiger partial charge < -0.3 is 10.3 Å². The first-order valence-electron chi connectivity index (χ1n) is 10.9. The Bertz CT molecular complexity index is 1620. The quantitative estimate of drug-likeness (QED) is 0.298. The van der Waals surface area contributed by atoms with E-state index in [9.17, 15) is 0 Å². The molecular weight excluding hydrogens is 449 g/mol. The lowest BCUT2D eigenvalue weighted by Gasteiger charge is -2.06. The lowest BCUT2D eigenvalue weighted by atomic mass is 10.0. The van der Waals surface area contributed by atoms with Crippen molar-refractivity contribution in [1.29, 1.82) is 0 Å². The number of aromatic nitrogens is 6. The molecule has 0 saturated carbocycles. The maximum atomic E-state index is 15.1. The number of thiophene rings is 1. The number of nitrogens with zero attached hydrogens (tertiary/aromatic N) is 4. The highest BCUT2D eigenvalue weighted by Crippen LogP contribution is 2.34. The average Bonchev–Trinajstić information content (AvgIpc) is 3.62. The van der Waals surface area contributed by atoms with Crippen LogP contribution >= 0.6 is 11.3 Å². The summed E-state index contributed by atoms with van der Waals surface area (Å²) >= 11 is 1.61. The highest BCUT2D eigenvalue weighted by atomic mass is 32.1. The van der Waals surface area contributed by atoms with Gasteiger partial charge in [-0.2, -0.15) is 16.4 Å². The maximum absolute atomic E-state index is 15.1. The van der Waals surface area contributed by atoms with Crippen LogP contribution < -0.4 is 5.32 Å². The van der Waals surface area contributed by atoms with Crippen molar-refractivity contribution >= 4 is 33.3 Å². The molecule has 1 aromatic carbocycles. The number of aromatic amines is 2. The zero-order valence-corrected chi connectivity index (χ0v) is 19.1. The van der Waals surface area contributed by atoms with Crippen molar-refractivity contribution in [1.82, 2.24) is 35.5 Å². The van der Waals surface area contributed by atoms with Crippen LogP contribution in [0.4, 0.5) is 4.39 Å². The molecule has 7 nitrogen and oxygen atoms in total. The Morgan fingerprint density at radius 2 is 2.00 bits per heavy atom. The molecule has 6 rings (SSSR count). The third kappa shape index (κ3) is 3.55. The molecule has 0 unspecified atom stereocenters. The van der Waals surface area contributed by atoms with E-state index in [4.69, 9.17) is 4.98 Å². The van der Waals surface area contributed by atoms with Gasteiger partial charge in [0.05, 0.1) is 11.2 Å². The predicted octanol–water partition coefficient (Wildman–Crippen LogP) is 5.54. The van der Waals surface area contributed by atoms with Crippen molar-refractivity contribution in [3.63, 3.8) is 0 Å². The van der Waals surface area contributed by atoms with Crippen molar-refractivity contribution in [3.8, 4) is 33.9 Å². The van der Waals surface area contributed by atoms with Crippen LogP contribution in [-0.4, -0.2) is 36.7 Å². The molecule has 0 aliphatic rings. The summed E-state index contributed by atoms with van der Waals surface area (Å²) in [6, 6.07) is 9.35. The second-order valence-electron chi connectivity index (χ2n) is 7.97. The molecule has 5 aromatic heterocycles. The van der Waals surface area contributed by atoms with E-state index in [0.29, 0.717) is 23.4 Å². The molecule has 168 valence electrons. The van der Waals surface area contributed by atoms with E-state index in [0.717, 1.165) is 45.5 Å². The van der Waals surface area contributed by atoms with Gasteiger partial charge in [0.15, 0.2) is 11.6 Å². The smallest absolute Gasteiger partial charge is 0.157 e. The van der Waals surface area contributed by atoms with Gasteiger partial charge in [-0.05, 0) is 53.4 Å². The minimum absolute atomic E-state index is 0.271. The summed E-state index contributed by atoms with van der Waals surface area (Å²) in [6.07, 6.45) is 5.32. The molecule has 0 radical (unpaired) electrons. The second-order valence-corrected chi connectivity index (χ2v) is 8.75. The van der Waals surface area contributed by atoms with Gasteiger partial charge in [-0.1, -0.05) is 6.92 Å². The molecule has 0 atom stereocenters. The van der Waals surface area contributed by atoms with Crippen molar-refractivity contribution in [2.75, 3.05) is 6.54 Å². The Balaban J connectivity index is 1.47. The molecular formula is C25H20FN7S. The maximum Gasteiger partial charge on any atom is 0.157 e. The number of hydrogen-bond acceptors (Lipinski definition) is 6. The predicted molar refractivity (Wildman–Crippen MR) is 133 cm³/mol. The van der Waals surface area contributed by atoms with Gasteiger partial charge in [-0.15, -0.1) is 0 Å². The van der Waals surface area contributed by atoms with Crippen LogP contribution in [0.15, 0.2) is 59.7 Å². The molecule has 0 bridgehead atoms. The average molecular weight is 470 g/mol. The lowest BCUT2D eigenvalue weighted by molar-refractivity contribution is 0.636. The molecule has 0 amide bonds. The van der Waals surface area contributed by atoms with Gasteiger partial charge in [-0.3, -0.25) is 15.1 Å². The van der Waals surface area contributed by atoms with Gasteiger partial charge >= 0.3 is 0 Å². The van der Waals surface area contributed by atoms with Crippen molar-refractivity contribution < 1.29 is 4.39 Å². The first-order valence-corrected chi connectivity index (χ1v) is 11.9. The molecule has 0 fully saturated rings. The van der Waals surface area contributed by atoms with E-state index >= 15 is 4.39 Å². The number of H-pyrrole nitrogens is 2. The van der Waals surface area contributed by atoms with Crippen LogP contribution in [0.5, 0.6) is 0 Å². The summed E-state index contributed by atoms with van der Waals surface area (Å²) in [5, 5.41) is 15.2. The summed E-state index contributed by atoms with van der Waals surface area (Å²) < 4.78 is 15.1. The monoisotopic (exact) mass is 469 g/mol. The minimum Gasteiger partial charge on any atom is -0.337 e. The SMILES string of the molecule is CCNCc1cncc(-c2cc(F)c3n[nH]c(-c4nc5c(-c6ccsc6)nccc5[nH]4)c3c2)c1. The molecule has 0 aliphatic heterocycles. The lowest BCUT2D eigenvalue weighted by Crippen LogP contribution is -2.11. The fraction of sp³-hybridized carbons (Fsp3) is 0.120. The minimum atomic E-state index is -0.399. The molecule has 9 heteroatoms. The van der Waals surface area contributed by atoms with Crippen molar-refractivity contribution in [2.45, 2.75) is 13.5 Å². The van der Waals surface area contributed by atoms with Gasteiger partial charge in [0.2, 0.25) is 0 Å². The van der Waals surface area contributed by atoms with Crippen molar-refractivity contribution in [3.05, 3.63) is 71.1 Å². The summed E-state index contributed by atoms with van der Waals surface area (Å²) in [5.41, 5.74) is 6.95. The zero-order valence-electron chi connectivity index (χ0n) is 18.3. The van der Waals surface area contributed by atoms with Gasteiger partial charge in [0.25, 0.3) is 0 Å². The second kappa shape index (κ2) is 8.44. The molecule has 34 heavy (non-hydrogen) atoms. The Morgan fingerprint density at radius 1 is 1.06 bits per heavy atom. The highest BCUT2D eigenvalue weighted by molar-refractivity contribution is 7.08. The summed E-state index contributed by atoms with van der Waals surface area (Å²) in [6.45, 7) is 3.63. The normalized spacial score (nSPS) is 11.6. The highest BCUT2D eigenvalue weighted by Gasteiger charge is 2.18. The van der Waals surface area contributed by atoms with E-state index < -0.39 is 5.82 Å². The number of pyridine rings is 2. The Hall–Kier alpha value is -3.95. The Labute approximate surface area is 198 Å². The van der Waals surface area contributed by atoms with E-state index in [2.05, 4.69) is 37.4 Å². The Kier molecular flexibility index (Phi) is 5.12. The molecule has 5 heterocycles. The van der Waals surface area contributed by atoms with Crippen LogP contribution in [0.25, 0.3) is 55.8 Å². The number of halogens is 1. The van der Waals surface area contributed by atoms with Crippen LogP contribution in [0.2, 0.25) is 0 Å². The fourth-order valence-corrected chi connectivity index (χ4v) is 4.74. The number of fused-ring (bicyclic) bond motifs is 2. The summed E-state index contributed by atoms with van der Waals surface area (Å²) in [7, 11) is 0. The number of benzene rings is 1. The standard InChI is InChI=1S/C25H20FN7S/c1-2-27-10-14-7-17(12-28-11-14)16-8-18-22(19(26)9-16)32-33-23(18)25-30-20-3-5-29-21(24(20)31-25)15-4-6-34-13-15/h3-9,11-13,27H,2,10H2,1H3,(H,30,31)(H,32,33). The van der Waals surface area contributed by atoms with E-state index in [-0.39, 0.29) is 5.52 Å². The van der Waals surface area contributed by atoms with E-state index in [1.165, 1.54) is 6.07 Å². The molecule has 6 aromatic rings. The first-order chi connectivity index (χ1) is 16.7. The fourth-order valence-electron chi connectivity index (χ4n) is 4.10. The van der Waals surface area contributed by atoms with Crippen LogP contribution in [0.3, 0.4) is 0 Å². The zero-order chi connectivity index (χ0) is 23.1. The van der Waals surface area contributed by atoms with Gasteiger partial charge in [0.1, 0.15) is 16.7 Å². The van der Waals surface area contributed by atoms with Crippen LogP contribution in [0, 0.1) is 5.82 Å². The topological polar surface area (TPSA) is 95.2 Å². The van der Waals surface area contributed by atoms with E-state index in [1.54, 1.807) is 23.7 Å². The molecule has 3 N–H and O–H groups in total. The Morgan fingerprint density at radius 3 is 2.85 bits per heavy atom. The van der Waals surface area contributed by atoms with Crippen LogP contribution in [0.1, 0.15) is 12.5 Å². The van der Waals surface area contributed by atoms with Crippen LogP contribution in [-0.2, 0) is 6.54 Å². The summed E-state index contributed by atoms with van der Waals surface area (Å²) in [5.74, 6) is 0.182. The molecule has 0 aliphatic carbocycles. The third-order valence-electron chi connectivity index (χ3n) is 5.75.